The monoisotopic (exact) mass is 186 g/mol. The molecule has 1 atom stereocenters. The molecule has 0 heterocycles. The number of hydrogen-bond acceptors (Lipinski definition) is 1. The van der Waals surface area contributed by atoms with Crippen LogP contribution in [-0.4, -0.2) is 6.26 Å². The molecule has 1 heteroatoms. The van der Waals surface area contributed by atoms with Crippen LogP contribution in [0.15, 0.2) is 11.6 Å². The van der Waals surface area contributed by atoms with E-state index in [1.165, 1.54) is 19.3 Å². The van der Waals surface area contributed by atoms with Crippen molar-refractivity contribution in [2.45, 2.75) is 40.0 Å². The Morgan fingerprint density at radius 3 is 2.33 bits per heavy atom. The lowest BCUT2D eigenvalue weighted by molar-refractivity contribution is 0.350. The summed E-state index contributed by atoms with van der Waals surface area (Å²) in [5, 5.41) is 0. The van der Waals surface area contributed by atoms with Crippen LogP contribution in [0.3, 0.4) is 0 Å². The second-order valence-electron chi connectivity index (χ2n) is 3.83. The molecular weight excluding hydrogens is 164 g/mol. The highest BCUT2D eigenvalue weighted by atomic mass is 32.1. The number of thiol groups is 1. The van der Waals surface area contributed by atoms with Gasteiger partial charge in [0.1, 0.15) is 0 Å². The van der Waals surface area contributed by atoms with E-state index in [9.17, 15) is 0 Å². The Kier molecular flexibility index (Phi) is 6.64. The van der Waals surface area contributed by atoms with Gasteiger partial charge in [-0.3, -0.25) is 0 Å². The average molecular weight is 186 g/mol. The van der Waals surface area contributed by atoms with Crippen LogP contribution in [-0.2, 0) is 0 Å². The fraction of sp³-hybridized carbons (Fsp3) is 0.818. The van der Waals surface area contributed by atoms with Crippen molar-refractivity contribution in [2.75, 3.05) is 6.26 Å². The summed E-state index contributed by atoms with van der Waals surface area (Å²) in [5.74, 6) is 1.84. The van der Waals surface area contributed by atoms with Gasteiger partial charge in [-0.1, -0.05) is 25.5 Å². The van der Waals surface area contributed by atoms with E-state index in [2.05, 4.69) is 39.5 Å². The minimum atomic E-state index is 0.879. The Morgan fingerprint density at radius 2 is 2.00 bits per heavy atom. The van der Waals surface area contributed by atoms with Crippen LogP contribution in [0.1, 0.15) is 40.0 Å². The summed E-state index contributed by atoms with van der Waals surface area (Å²) in [6.07, 6.45) is 8.18. The Labute approximate surface area is 82.9 Å². The van der Waals surface area contributed by atoms with Gasteiger partial charge < -0.3 is 0 Å². The van der Waals surface area contributed by atoms with Crippen molar-refractivity contribution < 1.29 is 0 Å². The third kappa shape index (κ3) is 4.20. The molecule has 1 unspecified atom stereocenters. The van der Waals surface area contributed by atoms with Gasteiger partial charge in [0, 0.05) is 0 Å². The molecule has 0 aromatic heterocycles. The summed E-state index contributed by atoms with van der Waals surface area (Å²) in [4.78, 5) is 0. The molecule has 12 heavy (non-hydrogen) atoms. The van der Waals surface area contributed by atoms with Crippen molar-refractivity contribution in [1.29, 1.82) is 0 Å². The predicted octanol–water partition coefficient (Wildman–Crippen LogP) is 3.93. The van der Waals surface area contributed by atoms with Gasteiger partial charge >= 0.3 is 0 Å². The van der Waals surface area contributed by atoms with E-state index >= 15 is 0 Å². The maximum absolute atomic E-state index is 3.53. The highest BCUT2D eigenvalue weighted by Crippen LogP contribution is 2.28. The van der Waals surface area contributed by atoms with E-state index in [4.69, 9.17) is 0 Å². The van der Waals surface area contributed by atoms with Crippen LogP contribution in [0, 0.1) is 11.8 Å². The summed E-state index contributed by atoms with van der Waals surface area (Å²) in [6, 6.07) is 0. The van der Waals surface area contributed by atoms with Gasteiger partial charge in [0.2, 0.25) is 0 Å². The highest BCUT2D eigenvalue weighted by Gasteiger charge is 2.14. The summed E-state index contributed by atoms with van der Waals surface area (Å²) in [7, 11) is 0. The lowest BCUT2D eigenvalue weighted by atomic mass is 9.83. The molecule has 0 radical (unpaired) electrons. The van der Waals surface area contributed by atoms with E-state index in [1.54, 1.807) is 11.8 Å². The zero-order chi connectivity index (χ0) is 9.56. The van der Waals surface area contributed by atoms with E-state index in [1.807, 2.05) is 0 Å². The summed E-state index contributed by atoms with van der Waals surface area (Å²) < 4.78 is 0. The first kappa shape index (κ1) is 12.1. The quantitative estimate of drug-likeness (QED) is 0.465. The van der Waals surface area contributed by atoms with E-state index in [-0.39, 0.29) is 0 Å². The molecule has 1 aliphatic carbocycles. The molecule has 0 bridgehead atoms. The topological polar surface area (TPSA) is 0 Å². The first-order valence-electron chi connectivity index (χ1n) is 4.80. The number of hydrogen-bond donors (Lipinski definition) is 1. The predicted molar refractivity (Wildman–Crippen MR) is 60.8 cm³/mol. The zero-order valence-electron chi connectivity index (χ0n) is 8.80. The fourth-order valence-corrected chi connectivity index (χ4v) is 1.59. The average Bonchev–Trinajstić information content (AvgIpc) is 2.09. The molecule has 0 N–H and O–H groups in total. The van der Waals surface area contributed by atoms with Crippen molar-refractivity contribution in [3.8, 4) is 0 Å². The molecule has 1 aliphatic rings. The molecule has 0 nitrogen and oxygen atoms in total. The van der Waals surface area contributed by atoms with E-state index in [0.717, 1.165) is 11.8 Å². The van der Waals surface area contributed by atoms with Gasteiger partial charge in [-0.05, 0) is 44.3 Å². The first-order chi connectivity index (χ1) is 5.70. The van der Waals surface area contributed by atoms with Crippen LogP contribution in [0.4, 0.5) is 0 Å². The van der Waals surface area contributed by atoms with Crippen molar-refractivity contribution in [1.82, 2.24) is 0 Å². The van der Waals surface area contributed by atoms with Crippen molar-refractivity contribution in [3.63, 3.8) is 0 Å². The Morgan fingerprint density at radius 1 is 1.42 bits per heavy atom. The second kappa shape index (κ2) is 6.59. The fourth-order valence-electron chi connectivity index (χ4n) is 1.59. The molecule has 0 amide bonds. The summed E-state index contributed by atoms with van der Waals surface area (Å²) >= 11 is 3.53. The van der Waals surface area contributed by atoms with Gasteiger partial charge in [-0.25, -0.2) is 0 Å². The highest BCUT2D eigenvalue weighted by molar-refractivity contribution is 7.79. The number of allylic oxidation sites excluding steroid dienone is 2. The van der Waals surface area contributed by atoms with Gasteiger partial charge in [0.15, 0.2) is 0 Å². The molecule has 0 saturated heterocycles. The molecule has 72 valence electrons. The normalized spacial score (nSPS) is 22.8. The van der Waals surface area contributed by atoms with Crippen LogP contribution in [0.2, 0.25) is 0 Å². The zero-order valence-corrected chi connectivity index (χ0v) is 9.70. The van der Waals surface area contributed by atoms with Gasteiger partial charge in [-0.2, -0.15) is 12.6 Å². The van der Waals surface area contributed by atoms with E-state index < -0.39 is 0 Å². The Hall–Kier alpha value is 0.0900. The largest absolute Gasteiger partial charge is 0.183 e. The third-order valence-corrected chi connectivity index (χ3v) is 2.62. The molecular formula is C11H22S. The minimum Gasteiger partial charge on any atom is -0.183 e. The third-order valence-electron chi connectivity index (χ3n) is 2.62. The van der Waals surface area contributed by atoms with Gasteiger partial charge in [0.25, 0.3) is 0 Å². The summed E-state index contributed by atoms with van der Waals surface area (Å²) in [6.45, 7) is 6.91. The van der Waals surface area contributed by atoms with Crippen molar-refractivity contribution >= 4 is 12.6 Å². The first-order valence-corrected chi connectivity index (χ1v) is 5.70. The van der Waals surface area contributed by atoms with Gasteiger partial charge in [0.05, 0.1) is 0 Å². The molecule has 0 spiro atoms. The molecule has 0 aromatic rings. The van der Waals surface area contributed by atoms with Crippen LogP contribution < -0.4 is 0 Å². The SMILES string of the molecule is CC1=CCC(C(C)C)CC1.CS. The maximum atomic E-state index is 3.53. The molecule has 1 rings (SSSR count). The van der Waals surface area contributed by atoms with Gasteiger partial charge in [-0.15, -0.1) is 0 Å². The van der Waals surface area contributed by atoms with Crippen LogP contribution in [0.5, 0.6) is 0 Å². The van der Waals surface area contributed by atoms with Crippen molar-refractivity contribution in [2.24, 2.45) is 11.8 Å². The molecule has 0 saturated carbocycles. The second-order valence-corrected chi connectivity index (χ2v) is 3.83. The molecule has 0 fully saturated rings. The standard InChI is InChI=1S/C10H18.CH4S/c1-8(2)10-6-4-9(3)5-7-10;1-2/h4,8,10H,5-7H2,1-3H3;2H,1H3. The molecule has 0 aliphatic heterocycles. The van der Waals surface area contributed by atoms with E-state index in [0.29, 0.717) is 0 Å². The molecule has 0 aromatic carbocycles. The van der Waals surface area contributed by atoms with Crippen LogP contribution >= 0.6 is 12.6 Å². The maximum Gasteiger partial charge on any atom is -0.0215 e. The van der Waals surface area contributed by atoms with Crippen molar-refractivity contribution in [3.05, 3.63) is 11.6 Å². The summed E-state index contributed by atoms with van der Waals surface area (Å²) in [5.41, 5.74) is 1.59. The Bertz CT molecular complexity index is 136. The smallest absolute Gasteiger partial charge is 0.0215 e. The lowest BCUT2D eigenvalue weighted by Crippen LogP contribution is -2.10. The lowest BCUT2D eigenvalue weighted by Gasteiger charge is -2.23. The minimum absolute atomic E-state index is 0.879. The Balaban J connectivity index is 0.000000561. The number of rotatable bonds is 1. The van der Waals surface area contributed by atoms with Crippen LogP contribution in [0.25, 0.3) is 0 Å².